The number of amides is 1. The number of nitrogens with zero attached hydrogens (tertiary/aromatic N) is 3. The van der Waals surface area contributed by atoms with Crippen LogP contribution >= 0.6 is 11.8 Å². The predicted octanol–water partition coefficient (Wildman–Crippen LogP) is 3.33. The highest BCUT2D eigenvalue weighted by atomic mass is 32.2. The molecule has 0 fully saturated rings. The van der Waals surface area contributed by atoms with Crippen LogP contribution in [-0.4, -0.2) is 40.3 Å². The Balaban J connectivity index is 1.64. The second kappa shape index (κ2) is 7.61. The molecule has 0 saturated carbocycles. The van der Waals surface area contributed by atoms with Gasteiger partial charge in [-0.05, 0) is 18.2 Å². The van der Waals surface area contributed by atoms with Gasteiger partial charge in [0.1, 0.15) is 5.75 Å². The molecule has 0 radical (unpaired) electrons. The van der Waals surface area contributed by atoms with E-state index in [0.29, 0.717) is 12.3 Å². The van der Waals surface area contributed by atoms with Crippen LogP contribution in [0.2, 0.25) is 0 Å². The van der Waals surface area contributed by atoms with Gasteiger partial charge in [-0.3, -0.25) is 4.79 Å². The van der Waals surface area contributed by atoms with Gasteiger partial charge < -0.3 is 14.2 Å². The summed E-state index contributed by atoms with van der Waals surface area (Å²) >= 11 is 1.46. The maximum absolute atomic E-state index is 12.5. The smallest absolute Gasteiger partial charge is 0.233 e. The van der Waals surface area contributed by atoms with Crippen molar-refractivity contribution in [2.45, 2.75) is 11.7 Å². The lowest BCUT2D eigenvalue weighted by Crippen LogP contribution is -2.28. The van der Waals surface area contributed by atoms with Crippen molar-refractivity contribution in [2.75, 3.05) is 19.9 Å². The van der Waals surface area contributed by atoms with Crippen molar-refractivity contribution >= 4 is 28.7 Å². The summed E-state index contributed by atoms with van der Waals surface area (Å²) in [5, 5.41) is 0.847. The van der Waals surface area contributed by atoms with Crippen LogP contribution in [-0.2, 0) is 18.4 Å². The summed E-state index contributed by atoms with van der Waals surface area (Å²) in [5.41, 5.74) is 3.01. The Hall–Kier alpha value is -2.47. The van der Waals surface area contributed by atoms with Gasteiger partial charge in [0, 0.05) is 26.2 Å². The van der Waals surface area contributed by atoms with Crippen LogP contribution in [0.15, 0.2) is 53.7 Å². The minimum atomic E-state index is 0.0583. The maximum atomic E-state index is 12.5. The second-order valence-electron chi connectivity index (χ2n) is 5.79. The first-order valence-corrected chi connectivity index (χ1v) is 8.99. The quantitative estimate of drug-likeness (QED) is 0.636. The molecule has 6 heteroatoms. The fourth-order valence-electron chi connectivity index (χ4n) is 2.67. The number of carbonyl (C=O) groups excluding carboxylic acids is 1. The van der Waals surface area contributed by atoms with E-state index >= 15 is 0 Å². The van der Waals surface area contributed by atoms with Crippen LogP contribution < -0.4 is 4.74 Å². The number of ether oxygens (including phenoxy) is 1. The number of aryl methyl sites for hydroxylation is 1. The van der Waals surface area contributed by atoms with Gasteiger partial charge in [-0.2, -0.15) is 0 Å². The van der Waals surface area contributed by atoms with E-state index in [-0.39, 0.29) is 5.91 Å². The molecule has 3 rings (SSSR count). The molecule has 0 atom stereocenters. The van der Waals surface area contributed by atoms with Crippen LogP contribution in [0.5, 0.6) is 5.75 Å². The average molecular weight is 355 g/mol. The summed E-state index contributed by atoms with van der Waals surface area (Å²) in [6, 6.07) is 15.7. The van der Waals surface area contributed by atoms with E-state index in [2.05, 4.69) is 4.98 Å². The zero-order chi connectivity index (χ0) is 17.8. The minimum Gasteiger partial charge on any atom is -0.496 e. The van der Waals surface area contributed by atoms with Gasteiger partial charge in [0.2, 0.25) is 5.91 Å². The Morgan fingerprint density at radius 1 is 1.20 bits per heavy atom. The van der Waals surface area contributed by atoms with Crippen molar-refractivity contribution in [1.82, 2.24) is 14.5 Å². The van der Waals surface area contributed by atoms with Crippen LogP contribution in [0.3, 0.4) is 0 Å². The second-order valence-corrected chi connectivity index (χ2v) is 6.73. The molecule has 1 amide bonds. The minimum absolute atomic E-state index is 0.0583. The van der Waals surface area contributed by atoms with E-state index in [4.69, 9.17) is 4.74 Å². The number of methoxy groups -OCH3 is 1. The zero-order valence-electron chi connectivity index (χ0n) is 14.6. The van der Waals surface area contributed by atoms with Crippen molar-refractivity contribution in [2.24, 2.45) is 7.05 Å². The molecule has 1 heterocycles. The van der Waals surface area contributed by atoms with Gasteiger partial charge in [0.25, 0.3) is 0 Å². The Morgan fingerprint density at radius 3 is 2.68 bits per heavy atom. The van der Waals surface area contributed by atoms with Gasteiger partial charge in [-0.15, -0.1) is 0 Å². The highest BCUT2D eigenvalue weighted by Crippen LogP contribution is 2.23. The van der Waals surface area contributed by atoms with Crippen molar-refractivity contribution in [3.05, 3.63) is 54.1 Å². The van der Waals surface area contributed by atoms with E-state index in [0.717, 1.165) is 27.5 Å². The summed E-state index contributed by atoms with van der Waals surface area (Å²) in [6.45, 7) is 0.520. The third kappa shape index (κ3) is 3.79. The molecule has 2 aromatic carbocycles. The van der Waals surface area contributed by atoms with Gasteiger partial charge in [-0.25, -0.2) is 4.98 Å². The van der Waals surface area contributed by atoms with E-state index in [9.17, 15) is 4.79 Å². The topological polar surface area (TPSA) is 47.4 Å². The lowest BCUT2D eigenvalue weighted by Gasteiger charge is -2.18. The molecule has 25 heavy (non-hydrogen) atoms. The SMILES string of the molecule is COc1ccccc1CN(C)C(=O)CSc1nc2ccccc2n1C. The van der Waals surface area contributed by atoms with Crippen LogP contribution in [0.25, 0.3) is 11.0 Å². The number of para-hydroxylation sites is 3. The van der Waals surface area contributed by atoms with E-state index in [1.807, 2.05) is 67.2 Å². The number of fused-ring (bicyclic) bond motifs is 1. The highest BCUT2D eigenvalue weighted by molar-refractivity contribution is 7.99. The van der Waals surface area contributed by atoms with E-state index < -0.39 is 0 Å². The fourth-order valence-corrected chi connectivity index (χ4v) is 3.59. The molecular weight excluding hydrogens is 334 g/mol. The number of benzene rings is 2. The number of carbonyl (C=O) groups is 1. The molecule has 1 aromatic heterocycles. The molecule has 5 nitrogen and oxygen atoms in total. The zero-order valence-corrected chi connectivity index (χ0v) is 15.4. The molecule has 3 aromatic rings. The van der Waals surface area contributed by atoms with E-state index in [1.54, 1.807) is 12.0 Å². The van der Waals surface area contributed by atoms with Gasteiger partial charge >= 0.3 is 0 Å². The first kappa shape index (κ1) is 17.4. The molecule has 0 aliphatic heterocycles. The fraction of sp³-hybridized carbons (Fsp3) is 0.263. The van der Waals surface area contributed by atoms with Crippen LogP contribution in [0.4, 0.5) is 0 Å². The molecule has 0 saturated heterocycles. The summed E-state index contributed by atoms with van der Waals surface area (Å²) in [4.78, 5) is 18.8. The molecule has 0 aliphatic carbocycles. The Bertz CT molecular complexity index is 891. The normalized spacial score (nSPS) is 10.8. The van der Waals surface area contributed by atoms with Gasteiger partial charge in [0.15, 0.2) is 5.16 Å². The Morgan fingerprint density at radius 2 is 1.92 bits per heavy atom. The van der Waals surface area contributed by atoms with Crippen LogP contribution in [0.1, 0.15) is 5.56 Å². The number of hydrogen-bond donors (Lipinski definition) is 0. The summed E-state index contributed by atoms with van der Waals surface area (Å²) in [5.74, 6) is 1.20. The lowest BCUT2D eigenvalue weighted by molar-refractivity contribution is -0.127. The maximum Gasteiger partial charge on any atom is 0.233 e. The average Bonchev–Trinajstić information content (AvgIpc) is 2.96. The lowest BCUT2D eigenvalue weighted by atomic mass is 10.2. The molecule has 0 spiro atoms. The van der Waals surface area contributed by atoms with Crippen molar-refractivity contribution in [1.29, 1.82) is 0 Å². The molecule has 0 unspecified atom stereocenters. The summed E-state index contributed by atoms with van der Waals surface area (Å²) < 4.78 is 7.37. The molecule has 0 bridgehead atoms. The number of thioether (sulfide) groups is 1. The summed E-state index contributed by atoms with van der Waals surface area (Å²) in [7, 11) is 5.42. The third-order valence-electron chi connectivity index (χ3n) is 4.10. The number of aromatic nitrogens is 2. The molecule has 0 N–H and O–H groups in total. The number of rotatable bonds is 6. The Kier molecular flexibility index (Phi) is 5.28. The standard InChI is InChI=1S/C19H21N3O2S/c1-21(12-14-8-4-7-11-17(14)24-3)18(23)13-25-19-20-15-9-5-6-10-16(15)22(19)2/h4-11H,12-13H2,1-3H3. The highest BCUT2D eigenvalue weighted by Gasteiger charge is 2.14. The van der Waals surface area contributed by atoms with Gasteiger partial charge in [0.05, 0.1) is 23.9 Å². The molecule has 130 valence electrons. The summed E-state index contributed by atoms with van der Waals surface area (Å²) in [6.07, 6.45) is 0. The van der Waals surface area contributed by atoms with Gasteiger partial charge in [-0.1, -0.05) is 42.1 Å². The molecular formula is C19H21N3O2S. The monoisotopic (exact) mass is 355 g/mol. The number of hydrogen-bond acceptors (Lipinski definition) is 4. The molecule has 0 aliphatic rings. The van der Waals surface area contributed by atoms with Crippen molar-refractivity contribution in [3.8, 4) is 5.75 Å². The predicted molar refractivity (Wildman–Crippen MR) is 101 cm³/mol. The Labute approximate surface area is 151 Å². The third-order valence-corrected chi connectivity index (χ3v) is 5.11. The van der Waals surface area contributed by atoms with Crippen molar-refractivity contribution < 1.29 is 9.53 Å². The van der Waals surface area contributed by atoms with E-state index in [1.165, 1.54) is 11.8 Å². The number of imidazole rings is 1. The first-order valence-electron chi connectivity index (χ1n) is 8.00. The first-order chi connectivity index (χ1) is 12.1. The van der Waals surface area contributed by atoms with Crippen molar-refractivity contribution in [3.63, 3.8) is 0 Å². The largest absolute Gasteiger partial charge is 0.496 e. The van der Waals surface area contributed by atoms with Crippen LogP contribution in [0, 0.1) is 0 Å².